The van der Waals surface area contributed by atoms with Crippen LogP contribution in [0.2, 0.25) is 0 Å². The molecule has 0 amide bonds. The Balaban J connectivity index is 0.00000137. The van der Waals surface area contributed by atoms with Gasteiger partial charge in [-0.3, -0.25) is 0 Å². The molecule has 1 fully saturated rings. The smallest absolute Gasteiger partial charge is 0.0544 e. The molecule has 1 nitrogen and oxygen atoms in total. The first-order valence-corrected chi connectivity index (χ1v) is 53.1. The number of hydrogen-bond acceptors (Lipinski definition) is 1. The molecule has 134 heavy (non-hydrogen) atoms. The molecule has 7 aliphatic carbocycles. The molecular formula is C133H158O. The molecule has 0 N–H and O–H groups in total. The van der Waals surface area contributed by atoms with Crippen LogP contribution in [0, 0.1) is 172 Å². The van der Waals surface area contributed by atoms with Crippen LogP contribution in [0.15, 0.2) is 146 Å². The minimum Gasteiger partial charge on any atom is -0.380 e. The lowest BCUT2D eigenvalue weighted by atomic mass is 9.70. The first-order valence-electron chi connectivity index (χ1n) is 53.1. The lowest BCUT2D eigenvalue weighted by Crippen LogP contribution is -2.41. The van der Waals surface area contributed by atoms with E-state index in [2.05, 4.69) is 326 Å². The molecule has 12 aromatic carbocycles. The van der Waals surface area contributed by atoms with Crippen molar-refractivity contribution in [3.8, 4) is 0 Å². The van der Waals surface area contributed by atoms with Crippen molar-refractivity contribution >= 4 is 0 Å². The third kappa shape index (κ3) is 16.8. The third-order valence-electron chi connectivity index (χ3n) is 37.1. The Bertz CT molecular complexity index is 5300. The van der Waals surface area contributed by atoms with Crippen LogP contribution >= 0.6 is 0 Å². The number of aryl methyl sites for hydroxylation is 24. The van der Waals surface area contributed by atoms with Crippen LogP contribution in [-0.2, 0) is 4.74 Å². The fourth-order valence-electron chi connectivity index (χ4n) is 29.6. The Kier molecular flexibility index (Phi) is 26.0. The standard InChI is InChI=1S/C126H144.C7H14O/c1-67-43-68(2)104-55-103(67)91-31-25-32-93-105-56-107(71(5)44-69(105)3)96-37-28-38-99-112-59-110(74(8)47-76(112)10)98(120-63-119(93)83(17)51-84(120)18)39-29-40-101-113-60-114(78(12)48-77(113)11)102(126-66-125(99)89(23)54-90(126)24)42-30-41-100-111-58-109(73(7)46-75(111)9)97(123-65-124(101)88(22)53-87(123)21)36-27-35-94(116-61-115(91)79(13)49-80(116)14)106-57-108(72(6)45-70(106)4)95(121-64-122(100)86(20)52-85(121)19)34-26-33-92(104)117-62-118(96)82(16)50-81(117)15;1-3-7(4-2)5-8-6-7/h43-66,91-102H,25-42H2,1-24H3;3-6H2,1-2H3/t91-,92?,93+,94+,95?,96?,97-,98-,99?,100?,101+,102?;. The molecule has 696 valence electrons. The van der Waals surface area contributed by atoms with Crippen molar-refractivity contribution in [3.63, 3.8) is 0 Å². The molecule has 0 saturated carbocycles. The molecule has 20 rings (SSSR count). The second kappa shape index (κ2) is 37.2. The van der Waals surface area contributed by atoms with E-state index in [9.17, 15) is 0 Å². The van der Waals surface area contributed by atoms with Gasteiger partial charge < -0.3 is 4.74 Å². The molecule has 8 aliphatic rings. The van der Waals surface area contributed by atoms with Gasteiger partial charge in [0.2, 0.25) is 0 Å². The van der Waals surface area contributed by atoms with E-state index in [-0.39, 0.29) is 71.0 Å². The predicted octanol–water partition coefficient (Wildman–Crippen LogP) is 35.9. The Morgan fingerprint density at radius 1 is 0.149 bits per heavy atom. The van der Waals surface area contributed by atoms with Gasteiger partial charge in [0.05, 0.1) is 13.2 Å². The van der Waals surface area contributed by atoms with Crippen molar-refractivity contribution < 1.29 is 4.74 Å². The summed E-state index contributed by atoms with van der Waals surface area (Å²) in [5.74, 6) is 1.90. The summed E-state index contributed by atoms with van der Waals surface area (Å²) < 4.78 is 5.12. The first kappa shape index (κ1) is 93.6. The average Bonchev–Trinajstić information content (AvgIpc) is 0.753. The highest BCUT2D eigenvalue weighted by atomic mass is 16.5. The van der Waals surface area contributed by atoms with E-state index in [0.29, 0.717) is 5.41 Å². The van der Waals surface area contributed by atoms with Crippen LogP contribution in [0.1, 0.15) is 480 Å². The fourth-order valence-corrected chi connectivity index (χ4v) is 29.6. The van der Waals surface area contributed by atoms with Gasteiger partial charge in [-0.1, -0.05) is 198 Å². The predicted molar refractivity (Wildman–Crippen MR) is 570 cm³/mol. The summed E-state index contributed by atoms with van der Waals surface area (Å²) in [6.45, 7) is 66.6. The fraction of sp³-hybridized carbons (Fsp3) is 0.459. The Hall–Kier alpha value is -9.40. The average molecular weight is 1770 g/mol. The molecule has 1 aliphatic heterocycles. The summed E-state index contributed by atoms with van der Waals surface area (Å²) in [6, 6.07) is 66.5. The third-order valence-corrected chi connectivity index (χ3v) is 37.1. The van der Waals surface area contributed by atoms with Crippen LogP contribution in [0.5, 0.6) is 0 Å². The molecule has 0 aromatic heterocycles. The summed E-state index contributed by atoms with van der Waals surface area (Å²) in [5.41, 5.74) is 71.9. The molecule has 0 unspecified atom stereocenters. The van der Waals surface area contributed by atoms with Crippen molar-refractivity contribution in [2.45, 2.75) is 379 Å². The van der Waals surface area contributed by atoms with E-state index in [1.807, 2.05) is 0 Å². The van der Waals surface area contributed by atoms with E-state index in [1.165, 1.54) is 280 Å². The Morgan fingerprint density at radius 2 is 0.231 bits per heavy atom. The molecule has 1 saturated heterocycles. The van der Waals surface area contributed by atoms with Crippen molar-refractivity contribution in [2.24, 2.45) is 5.41 Å². The van der Waals surface area contributed by atoms with Crippen LogP contribution in [0.4, 0.5) is 0 Å². The van der Waals surface area contributed by atoms with Gasteiger partial charge in [-0.15, -0.1) is 0 Å². The summed E-state index contributed by atoms with van der Waals surface area (Å²) >= 11 is 0. The van der Waals surface area contributed by atoms with Crippen LogP contribution in [0.3, 0.4) is 0 Å². The number of rotatable bonds is 2. The van der Waals surface area contributed by atoms with Gasteiger partial charge in [0.15, 0.2) is 0 Å². The zero-order valence-corrected chi connectivity index (χ0v) is 87.2. The van der Waals surface area contributed by atoms with Gasteiger partial charge in [-0.2, -0.15) is 0 Å². The Morgan fingerprint density at radius 3 is 0.284 bits per heavy atom. The highest BCUT2D eigenvalue weighted by Crippen LogP contribution is 2.56. The maximum atomic E-state index is 5.12. The van der Waals surface area contributed by atoms with Gasteiger partial charge in [-0.05, 0) is 523 Å². The second-order valence-electron chi connectivity index (χ2n) is 45.7. The first-order chi connectivity index (χ1) is 64.2. The van der Waals surface area contributed by atoms with Gasteiger partial charge >= 0.3 is 0 Å². The molecule has 12 aromatic rings. The van der Waals surface area contributed by atoms with Gasteiger partial charge in [0.25, 0.3) is 0 Å². The molecular weight excluding hydrogens is 1610 g/mol. The summed E-state index contributed by atoms with van der Waals surface area (Å²) in [4.78, 5) is 0. The van der Waals surface area contributed by atoms with Crippen LogP contribution < -0.4 is 0 Å². The van der Waals surface area contributed by atoms with E-state index >= 15 is 0 Å². The molecule has 36 bridgehead atoms. The normalized spacial score (nSPS) is 22.8. The molecule has 1 heteroatoms. The summed E-state index contributed by atoms with van der Waals surface area (Å²) in [7, 11) is 0. The topological polar surface area (TPSA) is 9.23 Å². The zero-order chi connectivity index (χ0) is 94.4. The van der Waals surface area contributed by atoms with E-state index < -0.39 is 0 Å². The lowest BCUT2D eigenvalue weighted by Gasteiger charge is -2.39. The van der Waals surface area contributed by atoms with Crippen molar-refractivity contribution in [1.82, 2.24) is 0 Å². The highest BCUT2D eigenvalue weighted by Gasteiger charge is 2.40. The lowest BCUT2D eigenvalue weighted by molar-refractivity contribution is -0.116. The monoisotopic (exact) mass is 1770 g/mol. The second-order valence-corrected chi connectivity index (χ2v) is 45.7. The number of ether oxygens (including phenoxy) is 1. The van der Waals surface area contributed by atoms with Gasteiger partial charge in [0, 0.05) is 76.4 Å². The van der Waals surface area contributed by atoms with Gasteiger partial charge in [0.1, 0.15) is 0 Å². The summed E-state index contributed by atoms with van der Waals surface area (Å²) in [6.07, 6.45) is 21.7. The van der Waals surface area contributed by atoms with E-state index in [4.69, 9.17) is 4.74 Å². The SMILES string of the molecule is CCC1(CC)COC1.Cc1cc(C)c2cc1C1CCCC3c4cc(c(C)cc4C)C4CCCC5c6cc(c(C)cc6C)C6CCCC2c2cc(c(C)cc2C)[C@H]2CCC[C@@H](c7cc1c(C)cc7C)c1cc(c(C)cc1C)[C@H](CCC[C@@H](c1cc4c(C)cc1C)c1cc(c(C)cc1C)[C@H](CCC[C@@H](c1cc6c(C)cc1C)c1cc2c(C)cc1C)c1cc5c(C)cc1C)c1cc3c(C)cc1C. The number of hydrogen-bond donors (Lipinski definition) is 0. The minimum absolute atomic E-state index is 0.158. The van der Waals surface area contributed by atoms with Crippen molar-refractivity contribution in [2.75, 3.05) is 13.2 Å². The largest absolute Gasteiger partial charge is 0.380 e. The maximum Gasteiger partial charge on any atom is 0.0544 e. The summed E-state index contributed by atoms with van der Waals surface area (Å²) in [5, 5.41) is 0. The Labute approximate surface area is 809 Å². The van der Waals surface area contributed by atoms with E-state index in [0.717, 1.165) is 129 Å². The zero-order valence-electron chi connectivity index (χ0n) is 87.2. The number of fused-ring (bicyclic) bond motifs is 24. The van der Waals surface area contributed by atoms with Crippen molar-refractivity contribution in [3.05, 3.63) is 413 Å². The van der Waals surface area contributed by atoms with Crippen molar-refractivity contribution in [1.29, 1.82) is 0 Å². The van der Waals surface area contributed by atoms with Crippen LogP contribution in [-0.4, -0.2) is 13.2 Å². The molecule has 0 atom stereocenters. The quantitative estimate of drug-likeness (QED) is 0.168. The molecule has 1 heterocycles. The maximum absolute atomic E-state index is 5.12. The molecule has 0 radical (unpaired) electrons. The van der Waals surface area contributed by atoms with Crippen LogP contribution in [0.25, 0.3) is 0 Å². The minimum atomic E-state index is 0.158. The van der Waals surface area contributed by atoms with E-state index in [1.54, 1.807) is 0 Å². The van der Waals surface area contributed by atoms with Gasteiger partial charge in [-0.25, -0.2) is 0 Å². The molecule has 0 spiro atoms. The highest BCUT2D eigenvalue weighted by molar-refractivity contribution is 5.63. The number of benzene rings is 12.